The van der Waals surface area contributed by atoms with Crippen molar-refractivity contribution in [1.82, 2.24) is 10.3 Å². The normalized spacial score (nSPS) is 12.0. The molecular weight excluding hydrogens is 232 g/mol. The number of nitrogens with zero attached hydrogens (tertiary/aromatic N) is 1. The van der Waals surface area contributed by atoms with Crippen molar-refractivity contribution in [2.24, 2.45) is 5.92 Å². The largest absolute Gasteiger partial charge is 0.467 e. The molecule has 0 bridgehead atoms. The van der Waals surface area contributed by atoms with Gasteiger partial charge in [-0.05, 0) is 24.5 Å². The molecule has 0 fully saturated rings. The Labute approximate surface area is 107 Å². The van der Waals surface area contributed by atoms with E-state index in [1.165, 1.54) is 13.3 Å². The maximum absolute atomic E-state index is 11.9. The van der Waals surface area contributed by atoms with Crippen molar-refractivity contribution in [1.29, 1.82) is 0 Å². The van der Waals surface area contributed by atoms with Gasteiger partial charge in [-0.1, -0.05) is 19.9 Å². The number of ether oxygens (including phenoxy) is 1. The van der Waals surface area contributed by atoms with Crippen molar-refractivity contribution >= 4 is 11.9 Å². The van der Waals surface area contributed by atoms with E-state index in [9.17, 15) is 9.59 Å². The van der Waals surface area contributed by atoms with Crippen molar-refractivity contribution in [3.63, 3.8) is 0 Å². The van der Waals surface area contributed by atoms with Crippen LogP contribution < -0.4 is 5.32 Å². The topological polar surface area (TPSA) is 68.3 Å². The van der Waals surface area contributed by atoms with Gasteiger partial charge in [0.1, 0.15) is 11.7 Å². The third-order valence-corrected chi connectivity index (χ3v) is 2.40. The molecule has 0 radical (unpaired) electrons. The zero-order valence-corrected chi connectivity index (χ0v) is 10.8. The van der Waals surface area contributed by atoms with Gasteiger partial charge < -0.3 is 10.1 Å². The summed E-state index contributed by atoms with van der Waals surface area (Å²) in [4.78, 5) is 27.4. The lowest BCUT2D eigenvalue weighted by atomic mass is 10.0. The first-order valence-corrected chi connectivity index (χ1v) is 5.84. The van der Waals surface area contributed by atoms with E-state index in [4.69, 9.17) is 0 Å². The van der Waals surface area contributed by atoms with E-state index in [0.29, 0.717) is 6.42 Å². The van der Waals surface area contributed by atoms with Crippen molar-refractivity contribution in [3.8, 4) is 0 Å². The van der Waals surface area contributed by atoms with Gasteiger partial charge >= 0.3 is 5.97 Å². The van der Waals surface area contributed by atoms with Gasteiger partial charge in [-0.2, -0.15) is 0 Å². The molecule has 1 rings (SSSR count). The molecule has 0 aliphatic heterocycles. The van der Waals surface area contributed by atoms with Gasteiger partial charge in [-0.25, -0.2) is 4.79 Å². The van der Waals surface area contributed by atoms with E-state index in [1.807, 2.05) is 13.8 Å². The van der Waals surface area contributed by atoms with Crippen LogP contribution in [0.1, 0.15) is 30.8 Å². The number of methoxy groups -OCH3 is 1. The average molecular weight is 250 g/mol. The molecule has 1 amide bonds. The monoisotopic (exact) mass is 250 g/mol. The Balaban J connectivity index is 2.71. The molecule has 1 atom stereocenters. The molecule has 0 spiro atoms. The summed E-state index contributed by atoms with van der Waals surface area (Å²) < 4.78 is 4.68. The van der Waals surface area contributed by atoms with Crippen LogP contribution in [0, 0.1) is 5.92 Å². The maximum Gasteiger partial charge on any atom is 0.328 e. The number of hydrogen-bond donors (Lipinski definition) is 1. The van der Waals surface area contributed by atoms with Crippen LogP contribution in [0.3, 0.4) is 0 Å². The third-order valence-electron chi connectivity index (χ3n) is 2.40. The van der Waals surface area contributed by atoms with Crippen LogP contribution in [0.5, 0.6) is 0 Å². The van der Waals surface area contributed by atoms with Gasteiger partial charge in [0.15, 0.2) is 0 Å². The molecule has 18 heavy (non-hydrogen) atoms. The van der Waals surface area contributed by atoms with Gasteiger partial charge in [-0.3, -0.25) is 9.78 Å². The van der Waals surface area contributed by atoms with Crippen LogP contribution in [0.15, 0.2) is 24.4 Å². The zero-order chi connectivity index (χ0) is 13.5. The van der Waals surface area contributed by atoms with Gasteiger partial charge in [0.25, 0.3) is 5.91 Å². The Kier molecular flexibility index (Phi) is 5.30. The number of carbonyl (C=O) groups excluding carboxylic acids is 2. The SMILES string of the molecule is COC(=O)[C@@H](CC(C)C)NC(=O)c1ccccn1. The Morgan fingerprint density at radius 2 is 2.11 bits per heavy atom. The number of esters is 1. The quantitative estimate of drug-likeness (QED) is 0.802. The lowest BCUT2D eigenvalue weighted by Crippen LogP contribution is -2.42. The minimum Gasteiger partial charge on any atom is -0.467 e. The molecular formula is C13H18N2O3. The summed E-state index contributed by atoms with van der Waals surface area (Å²) in [5.41, 5.74) is 0.287. The third kappa shape index (κ3) is 4.16. The van der Waals surface area contributed by atoms with Crippen LogP contribution in [0.4, 0.5) is 0 Å². The fourth-order valence-corrected chi connectivity index (χ4v) is 1.56. The number of hydrogen-bond acceptors (Lipinski definition) is 4. The molecule has 5 heteroatoms. The standard InChI is InChI=1S/C13H18N2O3/c1-9(2)8-11(13(17)18-3)15-12(16)10-6-4-5-7-14-10/h4-7,9,11H,8H2,1-3H3,(H,15,16)/t11-/m1/s1. The number of carbonyl (C=O) groups is 2. The first-order valence-electron chi connectivity index (χ1n) is 5.84. The Bertz CT molecular complexity index is 404. The van der Waals surface area contributed by atoms with E-state index in [2.05, 4.69) is 15.0 Å². The van der Waals surface area contributed by atoms with Crippen molar-refractivity contribution in [2.45, 2.75) is 26.3 Å². The highest BCUT2D eigenvalue weighted by molar-refractivity contribution is 5.95. The van der Waals surface area contributed by atoms with Crippen molar-refractivity contribution < 1.29 is 14.3 Å². The van der Waals surface area contributed by atoms with Gasteiger partial charge in [0.2, 0.25) is 0 Å². The van der Waals surface area contributed by atoms with Crippen LogP contribution in [-0.4, -0.2) is 30.0 Å². The highest BCUT2D eigenvalue weighted by atomic mass is 16.5. The van der Waals surface area contributed by atoms with Crippen LogP contribution in [0.25, 0.3) is 0 Å². The number of aromatic nitrogens is 1. The maximum atomic E-state index is 11.9. The van der Waals surface area contributed by atoms with Gasteiger partial charge in [0, 0.05) is 6.20 Å². The van der Waals surface area contributed by atoms with Gasteiger partial charge in [0.05, 0.1) is 7.11 Å². The Morgan fingerprint density at radius 1 is 1.39 bits per heavy atom. The summed E-state index contributed by atoms with van der Waals surface area (Å²) in [5, 5.41) is 2.64. The van der Waals surface area contributed by atoms with E-state index in [0.717, 1.165) is 0 Å². The molecule has 1 heterocycles. The fourth-order valence-electron chi connectivity index (χ4n) is 1.56. The van der Waals surface area contributed by atoms with Crippen molar-refractivity contribution in [3.05, 3.63) is 30.1 Å². The summed E-state index contributed by atoms with van der Waals surface area (Å²) in [6.07, 6.45) is 2.07. The summed E-state index contributed by atoms with van der Waals surface area (Å²) in [5.74, 6) is -0.530. The predicted octanol–water partition coefficient (Wildman–Crippen LogP) is 1.40. The number of amides is 1. The van der Waals surface area contributed by atoms with E-state index < -0.39 is 12.0 Å². The zero-order valence-electron chi connectivity index (χ0n) is 10.8. The second-order valence-corrected chi connectivity index (χ2v) is 4.39. The van der Waals surface area contributed by atoms with Crippen LogP contribution >= 0.6 is 0 Å². The van der Waals surface area contributed by atoms with E-state index in [1.54, 1.807) is 18.2 Å². The number of pyridine rings is 1. The highest BCUT2D eigenvalue weighted by Gasteiger charge is 2.23. The molecule has 0 aliphatic rings. The lowest BCUT2D eigenvalue weighted by molar-refractivity contribution is -0.143. The summed E-state index contributed by atoms with van der Waals surface area (Å²) in [7, 11) is 1.31. The molecule has 0 aliphatic carbocycles. The fraction of sp³-hybridized carbons (Fsp3) is 0.462. The Morgan fingerprint density at radius 3 is 2.61 bits per heavy atom. The Hall–Kier alpha value is -1.91. The summed E-state index contributed by atoms with van der Waals surface area (Å²) in [6.45, 7) is 3.95. The molecule has 98 valence electrons. The molecule has 1 aromatic heterocycles. The first kappa shape index (κ1) is 14.2. The van der Waals surface area contributed by atoms with Crippen LogP contribution in [0.2, 0.25) is 0 Å². The van der Waals surface area contributed by atoms with E-state index >= 15 is 0 Å². The minimum atomic E-state index is -0.635. The molecule has 0 saturated heterocycles. The van der Waals surface area contributed by atoms with Crippen LogP contribution in [-0.2, 0) is 9.53 Å². The summed E-state index contributed by atoms with van der Waals surface area (Å²) >= 11 is 0. The molecule has 1 N–H and O–H groups in total. The van der Waals surface area contributed by atoms with E-state index in [-0.39, 0.29) is 17.5 Å². The smallest absolute Gasteiger partial charge is 0.328 e. The second kappa shape index (κ2) is 6.74. The molecule has 0 saturated carbocycles. The number of nitrogens with one attached hydrogen (secondary N) is 1. The summed E-state index contributed by atoms with van der Waals surface area (Å²) in [6, 6.07) is 4.41. The lowest BCUT2D eigenvalue weighted by Gasteiger charge is -2.17. The predicted molar refractivity (Wildman–Crippen MR) is 67.0 cm³/mol. The first-order chi connectivity index (χ1) is 8.54. The van der Waals surface area contributed by atoms with Crippen molar-refractivity contribution in [2.75, 3.05) is 7.11 Å². The minimum absolute atomic E-state index is 0.276. The highest BCUT2D eigenvalue weighted by Crippen LogP contribution is 2.07. The molecule has 1 aromatic rings. The molecule has 0 unspecified atom stereocenters. The second-order valence-electron chi connectivity index (χ2n) is 4.39. The number of rotatable bonds is 5. The molecule has 0 aromatic carbocycles. The van der Waals surface area contributed by atoms with Gasteiger partial charge in [-0.15, -0.1) is 0 Å². The molecule has 5 nitrogen and oxygen atoms in total. The average Bonchev–Trinajstić information content (AvgIpc) is 2.37.